The Balaban J connectivity index is 1.77. The van der Waals surface area contributed by atoms with Gasteiger partial charge in [-0.15, -0.1) is 0 Å². The summed E-state index contributed by atoms with van der Waals surface area (Å²) in [6, 6.07) is 0.256. The summed E-state index contributed by atoms with van der Waals surface area (Å²) in [5.41, 5.74) is 1.31. The van der Waals surface area contributed by atoms with Crippen molar-refractivity contribution < 1.29 is 9.84 Å². The Hall–Kier alpha value is -0.870. The van der Waals surface area contributed by atoms with Gasteiger partial charge in [0.05, 0.1) is 12.6 Å². The highest BCUT2D eigenvalue weighted by Crippen LogP contribution is 2.28. The second-order valence-electron chi connectivity index (χ2n) is 5.52. The fraction of sp³-hybridized carbons (Fsp3) is 0.786. The summed E-state index contributed by atoms with van der Waals surface area (Å²) in [4.78, 5) is 4.60. The van der Waals surface area contributed by atoms with Gasteiger partial charge in [-0.1, -0.05) is 0 Å². The second kappa shape index (κ2) is 5.41. The quantitative estimate of drug-likeness (QED) is 0.888. The van der Waals surface area contributed by atoms with E-state index < -0.39 is 0 Å². The molecule has 1 atom stereocenters. The van der Waals surface area contributed by atoms with Crippen LogP contribution >= 0.6 is 0 Å². The minimum Gasteiger partial charge on any atom is -0.394 e. The van der Waals surface area contributed by atoms with Gasteiger partial charge in [-0.2, -0.15) is 0 Å². The smallest absolute Gasteiger partial charge is 0.109 e. The normalized spacial score (nSPS) is 25.1. The van der Waals surface area contributed by atoms with Crippen molar-refractivity contribution in [3.8, 4) is 0 Å². The fourth-order valence-electron chi connectivity index (χ4n) is 3.25. The Morgan fingerprint density at radius 2 is 2.17 bits per heavy atom. The first-order chi connectivity index (χ1) is 8.88. The topological polar surface area (TPSA) is 47.3 Å². The lowest BCUT2D eigenvalue weighted by molar-refractivity contribution is 0.0653. The average Bonchev–Trinajstić information content (AvgIpc) is 2.83. The molecule has 4 heteroatoms. The van der Waals surface area contributed by atoms with Crippen LogP contribution in [-0.2, 0) is 17.6 Å². The molecule has 1 saturated heterocycles. The molecular weight excluding hydrogens is 228 g/mol. The number of aliphatic hydroxyl groups is 1. The predicted octanol–water partition coefficient (Wildman–Crippen LogP) is 1.72. The number of aliphatic hydroxyl groups excluding tert-OH is 1. The molecule has 0 saturated carbocycles. The van der Waals surface area contributed by atoms with Crippen LogP contribution in [0.4, 0.5) is 0 Å². The van der Waals surface area contributed by atoms with E-state index in [1.165, 1.54) is 17.9 Å². The molecule has 0 amide bonds. The molecule has 0 aliphatic carbocycles. The van der Waals surface area contributed by atoms with E-state index in [4.69, 9.17) is 4.74 Å². The van der Waals surface area contributed by atoms with Gasteiger partial charge < -0.3 is 14.4 Å². The van der Waals surface area contributed by atoms with Crippen LogP contribution in [0, 0.1) is 5.92 Å². The maximum absolute atomic E-state index is 9.52. The lowest BCUT2D eigenvalue weighted by atomic mass is 9.95. The van der Waals surface area contributed by atoms with Crippen LogP contribution in [0.2, 0.25) is 0 Å². The van der Waals surface area contributed by atoms with Crippen molar-refractivity contribution in [3.05, 3.63) is 17.7 Å². The van der Waals surface area contributed by atoms with Crippen molar-refractivity contribution >= 4 is 0 Å². The molecule has 1 fully saturated rings. The van der Waals surface area contributed by atoms with E-state index in [1.54, 1.807) is 0 Å². The number of aryl methyl sites for hydroxylation is 1. The maximum Gasteiger partial charge on any atom is 0.109 e. The van der Waals surface area contributed by atoms with E-state index in [1.807, 2.05) is 6.20 Å². The van der Waals surface area contributed by atoms with E-state index in [-0.39, 0.29) is 12.6 Å². The molecule has 100 valence electrons. The summed E-state index contributed by atoms with van der Waals surface area (Å²) in [6.45, 7) is 2.02. The average molecular weight is 250 g/mol. The van der Waals surface area contributed by atoms with Crippen LogP contribution < -0.4 is 0 Å². The van der Waals surface area contributed by atoms with Gasteiger partial charge in [-0.25, -0.2) is 4.98 Å². The highest BCUT2D eigenvalue weighted by molar-refractivity contribution is 5.11. The molecule has 1 aromatic rings. The first-order valence-corrected chi connectivity index (χ1v) is 7.12. The third-order valence-electron chi connectivity index (χ3n) is 4.31. The minimum atomic E-state index is 0.240. The van der Waals surface area contributed by atoms with Crippen LogP contribution in [0.15, 0.2) is 6.20 Å². The van der Waals surface area contributed by atoms with E-state index >= 15 is 0 Å². The lowest BCUT2D eigenvalue weighted by Gasteiger charge is -2.28. The Kier molecular flexibility index (Phi) is 3.66. The first kappa shape index (κ1) is 12.2. The summed E-state index contributed by atoms with van der Waals surface area (Å²) in [5.74, 6) is 1.88. The summed E-state index contributed by atoms with van der Waals surface area (Å²) < 4.78 is 7.71. The van der Waals surface area contributed by atoms with Gasteiger partial charge in [-0.05, 0) is 38.0 Å². The van der Waals surface area contributed by atoms with Gasteiger partial charge in [0, 0.05) is 31.5 Å². The molecular formula is C14H22N2O2. The van der Waals surface area contributed by atoms with Gasteiger partial charge in [0.2, 0.25) is 0 Å². The van der Waals surface area contributed by atoms with Gasteiger partial charge >= 0.3 is 0 Å². The summed E-state index contributed by atoms with van der Waals surface area (Å²) >= 11 is 0. The van der Waals surface area contributed by atoms with Crippen LogP contribution in [-0.4, -0.2) is 34.5 Å². The molecule has 4 nitrogen and oxygen atoms in total. The molecule has 18 heavy (non-hydrogen) atoms. The van der Waals surface area contributed by atoms with E-state index in [0.29, 0.717) is 5.92 Å². The Morgan fingerprint density at radius 1 is 1.33 bits per heavy atom. The number of hydrogen-bond donors (Lipinski definition) is 1. The third kappa shape index (κ3) is 2.31. The lowest BCUT2D eigenvalue weighted by Crippen LogP contribution is -2.25. The van der Waals surface area contributed by atoms with E-state index in [9.17, 15) is 5.11 Å². The zero-order valence-electron chi connectivity index (χ0n) is 10.8. The van der Waals surface area contributed by atoms with Crippen molar-refractivity contribution in [3.63, 3.8) is 0 Å². The number of nitrogens with zero attached hydrogens (tertiary/aromatic N) is 2. The monoisotopic (exact) mass is 250 g/mol. The largest absolute Gasteiger partial charge is 0.394 e. The molecule has 1 aromatic heterocycles. The minimum absolute atomic E-state index is 0.240. The molecule has 2 aliphatic rings. The molecule has 0 spiro atoms. The molecule has 3 rings (SSSR count). The number of aromatic nitrogens is 2. The molecule has 0 bridgehead atoms. The van der Waals surface area contributed by atoms with Gasteiger partial charge in [0.15, 0.2) is 0 Å². The number of ether oxygens (including phenoxy) is 1. The standard InChI is InChI=1S/C14H22N2O2/c17-10-13-3-1-2-12-9-15-14(16(12)13)8-11-4-6-18-7-5-11/h9,11,13,17H,1-8,10H2. The van der Waals surface area contributed by atoms with Crippen molar-refractivity contribution in [1.82, 2.24) is 9.55 Å². The zero-order chi connectivity index (χ0) is 12.4. The van der Waals surface area contributed by atoms with Crippen LogP contribution in [0.3, 0.4) is 0 Å². The highest BCUT2D eigenvalue weighted by atomic mass is 16.5. The van der Waals surface area contributed by atoms with E-state index in [0.717, 1.165) is 45.3 Å². The van der Waals surface area contributed by atoms with Crippen LogP contribution in [0.5, 0.6) is 0 Å². The molecule has 3 heterocycles. The third-order valence-corrected chi connectivity index (χ3v) is 4.31. The van der Waals surface area contributed by atoms with Gasteiger partial charge in [-0.3, -0.25) is 0 Å². The zero-order valence-corrected chi connectivity index (χ0v) is 10.8. The maximum atomic E-state index is 9.52. The molecule has 1 unspecified atom stereocenters. The van der Waals surface area contributed by atoms with Gasteiger partial charge in [0.1, 0.15) is 5.82 Å². The Labute approximate surface area is 108 Å². The highest BCUT2D eigenvalue weighted by Gasteiger charge is 2.24. The van der Waals surface area contributed by atoms with E-state index in [2.05, 4.69) is 9.55 Å². The number of imidazole rings is 1. The number of hydrogen-bond acceptors (Lipinski definition) is 3. The molecule has 0 radical (unpaired) electrons. The SMILES string of the molecule is OCC1CCCc2cnc(CC3CCOCC3)n21. The summed E-state index contributed by atoms with van der Waals surface area (Å²) in [5, 5.41) is 9.52. The van der Waals surface area contributed by atoms with Crippen molar-refractivity contribution in [2.75, 3.05) is 19.8 Å². The molecule has 1 N–H and O–H groups in total. The second-order valence-corrected chi connectivity index (χ2v) is 5.52. The van der Waals surface area contributed by atoms with Gasteiger partial charge in [0.25, 0.3) is 0 Å². The van der Waals surface area contributed by atoms with Crippen molar-refractivity contribution in [1.29, 1.82) is 0 Å². The van der Waals surface area contributed by atoms with Crippen molar-refractivity contribution in [2.45, 2.75) is 44.6 Å². The summed E-state index contributed by atoms with van der Waals surface area (Å²) in [7, 11) is 0. The number of rotatable bonds is 3. The fourth-order valence-corrected chi connectivity index (χ4v) is 3.25. The predicted molar refractivity (Wildman–Crippen MR) is 68.5 cm³/mol. The molecule has 0 aromatic carbocycles. The number of fused-ring (bicyclic) bond motifs is 1. The first-order valence-electron chi connectivity index (χ1n) is 7.12. The molecule has 2 aliphatic heterocycles. The summed E-state index contributed by atoms with van der Waals surface area (Å²) in [6.07, 6.45) is 8.71. The van der Waals surface area contributed by atoms with Crippen LogP contribution in [0.25, 0.3) is 0 Å². The Bertz CT molecular complexity index is 396. The van der Waals surface area contributed by atoms with Crippen molar-refractivity contribution in [2.24, 2.45) is 5.92 Å². The van der Waals surface area contributed by atoms with Crippen LogP contribution in [0.1, 0.15) is 43.2 Å². The Morgan fingerprint density at radius 3 is 2.94 bits per heavy atom.